The first-order valence-electron chi connectivity index (χ1n) is 6.48. The molecule has 1 heterocycles. The Labute approximate surface area is 105 Å². The van der Waals surface area contributed by atoms with Crippen molar-refractivity contribution in [1.29, 1.82) is 0 Å². The topological polar surface area (TPSA) is 44.8 Å². The van der Waals surface area contributed by atoms with Crippen LogP contribution in [0.4, 0.5) is 0 Å². The smallest absolute Gasteiger partial charge is 0.331 e. The van der Waals surface area contributed by atoms with E-state index in [1.807, 2.05) is 13.8 Å². The summed E-state index contributed by atoms with van der Waals surface area (Å²) in [6.45, 7) is 10.3. The highest BCUT2D eigenvalue weighted by atomic mass is 31.2. The zero-order valence-electron chi connectivity index (χ0n) is 11.3. The van der Waals surface area contributed by atoms with Gasteiger partial charge >= 0.3 is 7.60 Å². The zero-order chi connectivity index (χ0) is 12.9. The summed E-state index contributed by atoms with van der Waals surface area (Å²) in [5.74, 6) is 1.29. The van der Waals surface area contributed by atoms with Gasteiger partial charge in [-0.1, -0.05) is 13.8 Å². The van der Waals surface area contributed by atoms with Crippen molar-refractivity contribution in [1.82, 2.24) is 0 Å². The Hall–Kier alpha value is 0.110. The maximum Gasteiger partial charge on any atom is 0.331 e. The van der Waals surface area contributed by atoms with Crippen molar-refractivity contribution in [3.05, 3.63) is 0 Å². The SMILES string of the molecule is CCOP(=O)(CC1COCC1C(C)C)OCC. The molecule has 1 fully saturated rings. The maximum atomic E-state index is 12.4. The van der Waals surface area contributed by atoms with Gasteiger partial charge in [-0.15, -0.1) is 0 Å². The van der Waals surface area contributed by atoms with E-state index in [4.69, 9.17) is 13.8 Å². The Morgan fingerprint density at radius 2 is 1.82 bits per heavy atom. The average Bonchev–Trinajstić information content (AvgIpc) is 2.66. The summed E-state index contributed by atoms with van der Waals surface area (Å²) in [5, 5.41) is 0. The van der Waals surface area contributed by atoms with Crippen LogP contribution in [0.3, 0.4) is 0 Å². The zero-order valence-corrected chi connectivity index (χ0v) is 12.2. The van der Waals surface area contributed by atoms with E-state index in [9.17, 15) is 4.57 Å². The third kappa shape index (κ3) is 4.36. The van der Waals surface area contributed by atoms with Crippen molar-refractivity contribution in [3.8, 4) is 0 Å². The highest BCUT2D eigenvalue weighted by molar-refractivity contribution is 7.53. The van der Waals surface area contributed by atoms with Crippen LogP contribution in [-0.2, 0) is 18.3 Å². The third-order valence-corrected chi connectivity index (χ3v) is 5.43. The van der Waals surface area contributed by atoms with Crippen LogP contribution in [0.25, 0.3) is 0 Å². The lowest BCUT2D eigenvalue weighted by Crippen LogP contribution is -2.22. The molecule has 0 aliphatic carbocycles. The first-order valence-corrected chi connectivity index (χ1v) is 8.21. The summed E-state index contributed by atoms with van der Waals surface area (Å²) in [5.41, 5.74) is 0. The second-order valence-electron chi connectivity index (χ2n) is 4.83. The lowest BCUT2D eigenvalue weighted by atomic mass is 9.87. The number of ether oxygens (including phenoxy) is 1. The van der Waals surface area contributed by atoms with Crippen molar-refractivity contribution in [2.24, 2.45) is 17.8 Å². The molecule has 0 aromatic carbocycles. The van der Waals surface area contributed by atoms with Gasteiger partial charge in [0.2, 0.25) is 0 Å². The van der Waals surface area contributed by atoms with Gasteiger partial charge < -0.3 is 13.8 Å². The average molecular weight is 264 g/mol. The molecular weight excluding hydrogens is 239 g/mol. The molecule has 2 unspecified atom stereocenters. The predicted octanol–water partition coefficient (Wildman–Crippen LogP) is 3.17. The monoisotopic (exact) mass is 264 g/mol. The molecule has 4 nitrogen and oxygen atoms in total. The Morgan fingerprint density at radius 1 is 1.24 bits per heavy atom. The van der Waals surface area contributed by atoms with E-state index in [1.54, 1.807) is 0 Å². The molecule has 0 aromatic rings. The van der Waals surface area contributed by atoms with Gasteiger partial charge in [0, 0.05) is 0 Å². The van der Waals surface area contributed by atoms with Gasteiger partial charge in [-0.3, -0.25) is 4.57 Å². The molecule has 0 spiro atoms. The molecule has 102 valence electrons. The molecule has 2 atom stereocenters. The minimum absolute atomic E-state index is 0.291. The molecule has 0 aromatic heterocycles. The first-order chi connectivity index (χ1) is 8.02. The highest BCUT2D eigenvalue weighted by Gasteiger charge is 2.37. The third-order valence-electron chi connectivity index (χ3n) is 3.21. The van der Waals surface area contributed by atoms with Gasteiger partial charge in [-0.05, 0) is 31.6 Å². The van der Waals surface area contributed by atoms with E-state index >= 15 is 0 Å². The Balaban J connectivity index is 2.63. The molecule has 1 aliphatic heterocycles. The molecule has 0 bridgehead atoms. The Bertz CT molecular complexity index is 257. The fraction of sp³-hybridized carbons (Fsp3) is 1.00. The molecule has 17 heavy (non-hydrogen) atoms. The number of rotatable bonds is 7. The van der Waals surface area contributed by atoms with E-state index in [0.29, 0.717) is 43.7 Å². The molecular formula is C12H25O4P. The minimum Gasteiger partial charge on any atom is -0.381 e. The van der Waals surface area contributed by atoms with E-state index < -0.39 is 7.60 Å². The fourth-order valence-electron chi connectivity index (χ4n) is 2.36. The van der Waals surface area contributed by atoms with Crippen LogP contribution in [-0.4, -0.2) is 32.6 Å². The van der Waals surface area contributed by atoms with Gasteiger partial charge in [-0.25, -0.2) is 0 Å². The van der Waals surface area contributed by atoms with Crippen LogP contribution < -0.4 is 0 Å². The highest BCUT2D eigenvalue weighted by Crippen LogP contribution is 2.51. The Morgan fingerprint density at radius 3 is 2.29 bits per heavy atom. The second-order valence-corrected chi connectivity index (χ2v) is 6.94. The van der Waals surface area contributed by atoms with E-state index in [1.165, 1.54) is 0 Å². The summed E-state index contributed by atoms with van der Waals surface area (Å²) in [6, 6.07) is 0. The first kappa shape index (κ1) is 15.2. The minimum atomic E-state index is -2.93. The summed E-state index contributed by atoms with van der Waals surface area (Å²) in [7, 11) is -2.93. The molecule has 0 amide bonds. The van der Waals surface area contributed by atoms with E-state index in [-0.39, 0.29) is 0 Å². The molecule has 1 rings (SSSR count). The normalized spacial score (nSPS) is 25.7. The Kier molecular flexibility index (Phi) is 6.14. The van der Waals surface area contributed by atoms with E-state index in [2.05, 4.69) is 13.8 Å². The standard InChI is InChI=1S/C12H25O4P/c1-5-15-17(13,16-6-2)9-11-7-14-8-12(11)10(3)4/h10-12H,5-9H2,1-4H3. The summed E-state index contributed by atoms with van der Waals surface area (Å²) >= 11 is 0. The van der Waals surface area contributed by atoms with Crippen molar-refractivity contribution in [2.75, 3.05) is 32.6 Å². The van der Waals surface area contributed by atoms with Crippen LogP contribution in [0, 0.1) is 17.8 Å². The lowest BCUT2D eigenvalue weighted by molar-refractivity contribution is 0.174. The van der Waals surface area contributed by atoms with Crippen molar-refractivity contribution >= 4 is 7.60 Å². The molecule has 0 saturated carbocycles. The quantitative estimate of drug-likeness (QED) is 0.662. The van der Waals surface area contributed by atoms with Gasteiger partial charge in [0.05, 0.1) is 32.6 Å². The summed E-state index contributed by atoms with van der Waals surface area (Å²) in [6.07, 6.45) is 0.484. The van der Waals surface area contributed by atoms with Crippen LogP contribution in [0.5, 0.6) is 0 Å². The molecule has 1 saturated heterocycles. The fourth-order valence-corrected chi connectivity index (χ4v) is 4.39. The summed E-state index contributed by atoms with van der Waals surface area (Å²) in [4.78, 5) is 0. The van der Waals surface area contributed by atoms with Gasteiger partial charge in [0.15, 0.2) is 0 Å². The predicted molar refractivity (Wildman–Crippen MR) is 68.4 cm³/mol. The molecule has 0 radical (unpaired) electrons. The number of hydrogen-bond acceptors (Lipinski definition) is 4. The van der Waals surface area contributed by atoms with Crippen molar-refractivity contribution < 1.29 is 18.3 Å². The van der Waals surface area contributed by atoms with E-state index in [0.717, 1.165) is 6.61 Å². The second kappa shape index (κ2) is 6.89. The van der Waals surface area contributed by atoms with Crippen molar-refractivity contribution in [3.63, 3.8) is 0 Å². The van der Waals surface area contributed by atoms with Crippen LogP contribution in [0.2, 0.25) is 0 Å². The maximum absolute atomic E-state index is 12.4. The molecule has 5 heteroatoms. The molecule has 1 aliphatic rings. The van der Waals surface area contributed by atoms with Crippen LogP contribution in [0.1, 0.15) is 27.7 Å². The van der Waals surface area contributed by atoms with Crippen LogP contribution in [0.15, 0.2) is 0 Å². The molecule has 0 N–H and O–H groups in total. The van der Waals surface area contributed by atoms with Gasteiger partial charge in [0.25, 0.3) is 0 Å². The largest absolute Gasteiger partial charge is 0.381 e. The van der Waals surface area contributed by atoms with Gasteiger partial charge in [0.1, 0.15) is 0 Å². The number of hydrogen-bond donors (Lipinski definition) is 0. The van der Waals surface area contributed by atoms with Crippen molar-refractivity contribution in [2.45, 2.75) is 27.7 Å². The summed E-state index contributed by atoms with van der Waals surface area (Å²) < 4.78 is 28.6. The lowest BCUT2D eigenvalue weighted by Gasteiger charge is -2.25. The van der Waals surface area contributed by atoms with Crippen LogP contribution >= 0.6 is 7.60 Å². The van der Waals surface area contributed by atoms with Gasteiger partial charge in [-0.2, -0.15) is 0 Å².